The first-order valence-electron chi connectivity index (χ1n) is 6.79. The predicted octanol–water partition coefficient (Wildman–Crippen LogP) is 1.54. The smallest absolute Gasteiger partial charge is 0.251 e. The number of likely N-dealkylation sites (tertiary alicyclic amines) is 1. The van der Waals surface area contributed by atoms with E-state index < -0.39 is 11.7 Å². The molecule has 1 aliphatic rings. The van der Waals surface area contributed by atoms with Crippen LogP contribution in [0.4, 0.5) is 4.39 Å². The molecule has 6 heteroatoms. The third-order valence-corrected chi connectivity index (χ3v) is 3.93. The maximum Gasteiger partial charge on any atom is 0.251 e. The minimum atomic E-state index is -0.652. The molecule has 0 bridgehead atoms. The lowest BCUT2D eigenvalue weighted by Gasteiger charge is -2.13. The lowest BCUT2D eigenvalue weighted by Crippen LogP contribution is -2.21. The van der Waals surface area contributed by atoms with Crippen molar-refractivity contribution in [3.8, 4) is 0 Å². The monoisotopic (exact) mass is 276 g/mol. The molecule has 2 heterocycles. The van der Waals surface area contributed by atoms with Crippen molar-refractivity contribution in [3.05, 3.63) is 29.7 Å². The fraction of sp³-hybridized carbons (Fsp3) is 0.429. The van der Waals surface area contributed by atoms with Crippen LogP contribution in [0.1, 0.15) is 29.7 Å². The molecule has 1 fully saturated rings. The molecule has 1 unspecified atom stereocenters. The van der Waals surface area contributed by atoms with Gasteiger partial charge in [0, 0.05) is 24.7 Å². The molecule has 1 amide bonds. The van der Waals surface area contributed by atoms with Gasteiger partial charge in [0.2, 0.25) is 0 Å². The molecule has 3 rings (SSSR count). The molecular formula is C14H17FN4O. The summed E-state index contributed by atoms with van der Waals surface area (Å²) in [6, 6.07) is 2.80. The van der Waals surface area contributed by atoms with Gasteiger partial charge in [-0.2, -0.15) is 5.10 Å². The Morgan fingerprint density at radius 1 is 1.55 bits per heavy atom. The molecule has 5 nitrogen and oxygen atoms in total. The fourth-order valence-corrected chi connectivity index (χ4v) is 2.81. The van der Waals surface area contributed by atoms with E-state index in [1.54, 1.807) is 6.20 Å². The van der Waals surface area contributed by atoms with E-state index in [1.165, 1.54) is 6.07 Å². The molecule has 106 valence electrons. The molecule has 20 heavy (non-hydrogen) atoms. The number of nitrogens with zero attached hydrogens (tertiary/aromatic N) is 3. The molecule has 0 spiro atoms. The number of hydrogen-bond acceptors (Lipinski definition) is 3. The molecule has 1 aromatic carbocycles. The summed E-state index contributed by atoms with van der Waals surface area (Å²) in [5, 5.41) is 5.07. The highest BCUT2D eigenvalue weighted by atomic mass is 19.1. The first-order chi connectivity index (χ1) is 9.58. The Labute approximate surface area is 116 Å². The number of nitrogens with two attached hydrogens (primary N) is 1. The van der Waals surface area contributed by atoms with Crippen LogP contribution < -0.4 is 5.73 Å². The molecule has 0 aliphatic carbocycles. The molecule has 1 aliphatic heterocycles. The van der Waals surface area contributed by atoms with Crippen LogP contribution in [0.25, 0.3) is 10.9 Å². The Morgan fingerprint density at radius 2 is 2.35 bits per heavy atom. The fourth-order valence-electron chi connectivity index (χ4n) is 2.81. The van der Waals surface area contributed by atoms with Crippen LogP contribution in [0.5, 0.6) is 0 Å². The first kappa shape index (κ1) is 13.1. The standard InChI is InChI=1S/C14H17FN4O/c1-2-18-4-3-11(8-18)19-7-9-5-10(15)6-12(14(16)20)13(9)17-19/h5-7,11H,2-4,8H2,1H3,(H2,16,20). The van der Waals surface area contributed by atoms with Gasteiger partial charge in [0.15, 0.2) is 0 Å². The Hall–Kier alpha value is -1.95. The lowest BCUT2D eigenvalue weighted by atomic mass is 10.1. The largest absolute Gasteiger partial charge is 0.366 e. The van der Waals surface area contributed by atoms with Crippen LogP contribution >= 0.6 is 0 Å². The third-order valence-electron chi connectivity index (χ3n) is 3.93. The number of hydrogen-bond donors (Lipinski definition) is 1. The van der Waals surface area contributed by atoms with E-state index in [9.17, 15) is 9.18 Å². The van der Waals surface area contributed by atoms with Gasteiger partial charge in [-0.3, -0.25) is 9.48 Å². The zero-order valence-electron chi connectivity index (χ0n) is 11.3. The molecule has 2 aromatic rings. The van der Waals surface area contributed by atoms with E-state index in [0.29, 0.717) is 10.9 Å². The zero-order chi connectivity index (χ0) is 14.3. The van der Waals surface area contributed by atoms with Gasteiger partial charge in [-0.15, -0.1) is 0 Å². The average molecular weight is 276 g/mol. The van der Waals surface area contributed by atoms with E-state index in [2.05, 4.69) is 16.9 Å². The number of primary amides is 1. The van der Waals surface area contributed by atoms with Crippen molar-refractivity contribution < 1.29 is 9.18 Å². The number of rotatable bonds is 3. The van der Waals surface area contributed by atoms with Gasteiger partial charge in [-0.1, -0.05) is 6.92 Å². The van der Waals surface area contributed by atoms with Crippen molar-refractivity contribution in [2.75, 3.05) is 19.6 Å². The summed E-state index contributed by atoms with van der Waals surface area (Å²) in [6.45, 7) is 5.11. The highest BCUT2D eigenvalue weighted by molar-refractivity contribution is 6.04. The number of likely N-dealkylation sites (N-methyl/N-ethyl adjacent to an activating group) is 1. The highest BCUT2D eigenvalue weighted by Gasteiger charge is 2.24. The van der Waals surface area contributed by atoms with Gasteiger partial charge >= 0.3 is 0 Å². The number of carbonyl (C=O) groups excluding carboxylic acids is 1. The normalized spacial score (nSPS) is 19.8. The Bertz CT molecular complexity index is 666. The van der Waals surface area contributed by atoms with Crippen molar-refractivity contribution >= 4 is 16.8 Å². The molecule has 1 aromatic heterocycles. The number of amides is 1. The number of carbonyl (C=O) groups is 1. The van der Waals surface area contributed by atoms with Crippen LogP contribution in [0.15, 0.2) is 18.3 Å². The van der Waals surface area contributed by atoms with Gasteiger partial charge in [-0.05, 0) is 25.1 Å². The van der Waals surface area contributed by atoms with Gasteiger partial charge in [0.05, 0.1) is 11.6 Å². The quantitative estimate of drug-likeness (QED) is 0.925. The summed E-state index contributed by atoms with van der Waals surface area (Å²) in [4.78, 5) is 13.7. The van der Waals surface area contributed by atoms with Crippen molar-refractivity contribution in [2.45, 2.75) is 19.4 Å². The topological polar surface area (TPSA) is 64.2 Å². The van der Waals surface area contributed by atoms with Crippen molar-refractivity contribution in [1.82, 2.24) is 14.7 Å². The maximum absolute atomic E-state index is 13.5. The summed E-state index contributed by atoms with van der Waals surface area (Å²) in [7, 11) is 0. The first-order valence-corrected chi connectivity index (χ1v) is 6.79. The Morgan fingerprint density at radius 3 is 3.00 bits per heavy atom. The maximum atomic E-state index is 13.5. The number of benzene rings is 1. The van der Waals surface area contributed by atoms with E-state index in [4.69, 9.17) is 5.73 Å². The van der Waals surface area contributed by atoms with Crippen molar-refractivity contribution in [3.63, 3.8) is 0 Å². The third kappa shape index (κ3) is 2.16. The second kappa shape index (κ2) is 4.86. The van der Waals surface area contributed by atoms with Gasteiger partial charge in [-0.25, -0.2) is 4.39 Å². The Balaban J connectivity index is 2.02. The number of aromatic nitrogens is 2. The summed E-state index contributed by atoms with van der Waals surface area (Å²) < 4.78 is 15.3. The molecular weight excluding hydrogens is 259 g/mol. The predicted molar refractivity (Wildman–Crippen MR) is 74.0 cm³/mol. The summed E-state index contributed by atoms with van der Waals surface area (Å²) in [5.74, 6) is -1.12. The average Bonchev–Trinajstić information content (AvgIpc) is 3.02. The lowest BCUT2D eigenvalue weighted by molar-refractivity contribution is 0.100. The minimum Gasteiger partial charge on any atom is -0.366 e. The van der Waals surface area contributed by atoms with E-state index in [0.717, 1.165) is 32.1 Å². The molecule has 0 saturated carbocycles. The molecule has 1 atom stereocenters. The molecule has 1 saturated heterocycles. The summed E-state index contributed by atoms with van der Waals surface area (Å²) in [6.07, 6.45) is 2.81. The van der Waals surface area contributed by atoms with Crippen molar-refractivity contribution in [1.29, 1.82) is 0 Å². The molecule has 2 N–H and O–H groups in total. The summed E-state index contributed by atoms with van der Waals surface area (Å²) >= 11 is 0. The van der Waals surface area contributed by atoms with E-state index >= 15 is 0 Å². The van der Waals surface area contributed by atoms with Gasteiger partial charge in [0.25, 0.3) is 5.91 Å². The zero-order valence-corrected chi connectivity index (χ0v) is 11.3. The van der Waals surface area contributed by atoms with Crippen LogP contribution in [-0.2, 0) is 0 Å². The van der Waals surface area contributed by atoms with Crippen LogP contribution in [0.3, 0.4) is 0 Å². The highest BCUT2D eigenvalue weighted by Crippen LogP contribution is 2.25. The van der Waals surface area contributed by atoms with Crippen LogP contribution in [-0.4, -0.2) is 40.2 Å². The minimum absolute atomic E-state index is 0.143. The molecule has 0 radical (unpaired) electrons. The summed E-state index contributed by atoms with van der Waals surface area (Å²) in [5.41, 5.74) is 5.92. The van der Waals surface area contributed by atoms with Gasteiger partial charge in [0.1, 0.15) is 11.3 Å². The van der Waals surface area contributed by atoms with Gasteiger partial charge < -0.3 is 10.6 Å². The van der Waals surface area contributed by atoms with Crippen LogP contribution in [0, 0.1) is 5.82 Å². The second-order valence-electron chi connectivity index (χ2n) is 5.20. The Kier molecular flexibility index (Phi) is 3.17. The van der Waals surface area contributed by atoms with E-state index in [-0.39, 0.29) is 11.6 Å². The second-order valence-corrected chi connectivity index (χ2v) is 5.20. The van der Waals surface area contributed by atoms with Crippen molar-refractivity contribution in [2.24, 2.45) is 5.73 Å². The van der Waals surface area contributed by atoms with Crippen LogP contribution in [0.2, 0.25) is 0 Å². The number of fused-ring (bicyclic) bond motifs is 1. The number of halogens is 1. The van der Waals surface area contributed by atoms with E-state index in [1.807, 2.05) is 4.68 Å². The SMILES string of the molecule is CCN1CCC(n2cc3cc(F)cc(C(N)=O)c3n2)C1.